The zero-order valence-corrected chi connectivity index (χ0v) is 29.2. The van der Waals surface area contributed by atoms with E-state index in [0.717, 1.165) is 18.1 Å². The molecule has 0 bridgehead atoms. The maximum Gasteiger partial charge on any atom is 0.412 e. The van der Waals surface area contributed by atoms with Crippen molar-refractivity contribution < 1.29 is 48.9 Å². The molecule has 12 nitrogen and oxygen atoms in total. The van der Waals surface area contributed by atoms with Gasteiger partial charge in [0, 0.05) is 11.3 Å². The van der Waals surface area contributed by atoms with E-state index in [0.29, 0.717) is 16.8 Å². The molecule has 0 aliphatic heterocycles. The molecule has 256 valence electrons. The van der Waals surface area contributed by atoms with Crippen molar-refractivity contribution in [2.24, 2.45) is 0 Å². The van der Waals surface area contributed by atoms with Gasteiger partial charge in [-0.05, 0) is 67.8 Å². The third kappa shape index (κ3) is 9.78. The zero-order valence-electron chi connectivity index (χ0n) is 27.5. The fourth-order valence-corrected chi connectivity index (χ4v) is 5.52. The topological polar surface area (TPSA) is 153 Å². The first kappa shape index (κ1) is 35.9. The molecular formula is C34H37NO11S2. The first-order valence-electron chi connectivity index (χ1n) is 14.5. The van der Waals surface area contributed by atoms with E-state index in [1.54, 1.807) is 57.2 Å². The lowest BCUT2D eigenvalue weighted by Crippen LogP contribution is -2.27. The van der Waals surface area contributed by atoms with Crippen LogP contribution in [0.5, 0.6) is 28.7 Å². The van der Waals surface area contributed by atoms with Gasteiger partial charge in [0.05, 0.1) is 32.3 Å². The third-order valence-electron chi connectivity index (χ3n) is 6.41. The van der Waals surface area contributed by atoms with Gasteiger partial charge < -0.3 is 27.3 Å². The van der Waals surface area contributed by atoms with Gasteiger partial charge in [-0.2, -0.15) is 16.8 Å². The summed E-state index contributed by atoms with van der Waals surface area (Å²) in [5.41, 5.74) is 1.99. The molecule has 4 aromatic rings. The van der Waals surface area contributed by atoms with Crippen LogP contribution in [0.3, 0.4) is 0 Å². The average Bonchev–Trinajstić information content (AvgIpc) is 2.98. The number of hydrogen-bond donors (Lipinski definition) is 1. The Balaban J connectivity index is 1.84. The first-order valence-corrected chi connectivity index (χ1v) is 18.1. The smallest absolute Gasteiger partial charge is 0.412 e. The van der Waals surface area contributed by atoms with Gasteiger partial charge in [0.2, 0.25) is 0 Å². The van der Waals surface area contributed by atoms with Crippen molar-refractivity contribution in [3.63, 3.8) is 0 Å². The summed E-state index contributed by atoms with van der Waals surface area (Å²) < 4.78 is 83.1. The molecule has 1 amide bonds. The maximum atomic E-state index is 12.6. The molecule has 0 fully saturated rings. The van der Waals surface area contributed by atoms with Gasteiger partial charge in [0.1, 0.15) is 18.0 Å². The van der Waals surface area contributed by atoms with Crippen molar-refractivity contribution in [3.05, 3.63) is 84.4 Å². The van der Waals surface area contributed by atoms with Crippen LogP contribution < -0.4 is 27.9 Å². The van der Waals surface area contributed by atoms with E-state index in [2.05, 4.69) is 5.32 Å². The second-order valence-corrected chi connectivity index (χ2v) is 14.7. The molecule has 0 heterocycles. The molecular weight excluding hydrogens is 663 g/mol. The number of carbonyl (C=O) groups is 1. The Morgan fingerprint density at radius 1 is 0.708 bits per heavy atom. The normalized spacial score (nSPS) is 11.7. The van der Waals surface area contributed by atoms with Crippen LogP contribution >= 0.6 is 0 Å². The summed E-state index contributed by atoms with van der Waals surface area (Å²) in [4.78, 5) is 12.2. The van der Waals surface area contributed by atoms with E-state index < -0.39 is 31.9 Å². The highest BCUT2D eigenvalue weighted by atomic mass is 32.2. The molecule has 14 heteroatoms. The molecule has 0 atom stereocenters. The summed E-state index contributed by atoms with van der Waals surface area (Å²) in [6.45, 7) is 5.38. The average molecular weight is 700 g/mol. The Morgan fingerprint density at radius 2 is 1.33 bits per heavy atom. The number of rotatable bonds is 12. The van der Waals surface area contributed by atoms with Crippen LogP contribution in [-0.4, -0.2) is 55.3 Å². The number of ether oxygens (including phenoxy) is 4. The van der Waals surface area contributed by atoms with E-state index in [4.69, 9.17) is 27.3 Å². The first-order chi connectivity index (χ1) is 22.5. The molecule has 0 aromatic heterocycles. The number of methoxy groups -OCH3 is 2. The molecule has 4 aromatic carbocycles. The molecule has 0 aliphatic rings. The van der Waals surface area contributed by atoms with Crippen LogP contribution in [0.15, 0.2) is 78.9 Å². The highest BCUT2D eigenvalue weighted by Gasteiger charge is 2.27. The van der Waals surface area contributed by atoms with E-state index in [9.17, 15) is 21.6 Å². The summed E-state index contributed by atoms with van der Waals surface area (Å²) in [5.74, 6) is -0.0213. The van der Waals surface area contributed by atoms with Crippen LogP contribution in [-0.2, 0) is 31.6 Å². The number of hydrogen-bond acceptors (Lipinski definition) is 11. The van der Waals surface area contributed by atoms with Crippen LogP contribution in [0.1, 0.15) is 26.3 Å². The van der Waals surface area contributed by atoms with Crippen molar-refractivity contribution in [3.8, 4) is 51.0 Å². The minimum atomic E-state index is -4.13. The Hall–Kier alpha value is -4.95. The molecule has 1 N–H and O–H groups in total. The number of nitrogens with one attached hydrogen (secondary N) is 1. The number of carbonyl (C=O) groups excluding carboxylic acids is 1. The van der Waals surface area contributed by atoms with Crippen LogP contribution in [0.4, 0.5) is 10.5 Å². The van der Waals surface area contributed by atoms with Crippen molar-refractivity contribution >= 4 is 32.0 Å². The Morgan fingerprint density at radius 3 is 1.90 bits per heavy atom. The van der Waals surface area contributed by atoms with E-state index >= 15 is 0 Å². The number of benzene rings is 4. The highest BCUT2D eigenvalue weighted by molar-refractivity contribution is 7.86. The SMILES string of the molecule is COc1cc(-c2ccc(NC(=O)OC(C)(C)C)cc2)c(OC)c(OS(C)(=O)=O)c1-c1ccc(OCc2ccccc2)c(OS(C)(=O)=O)c1. The van der Waals surface area contributed by atoms with Crippen molar-refractivity contribution in [1.29, 1.82) is 0 Å². The molecule has 0 aliphatic carbocycles. The minimum Gasteiger partial charge on any atom is -0.496 e. The summed E-state index contributed by atoms with van der Waals surface area (Å²) >= 11 is 0. The van der Waals surface area contributed by atoms with Crippen molar-refractivity contribution in [2.45, 2.75) is 33.0 Å². The minimum absolute atomic E-state index is 0.0408. The number of amides is 1. The van der Waals surface area contributed by atoms with Gasteiger partial charge in [0.15, 0.2) is 23.0 Å². The van der Waals surface area contributed by atoms with E-state index in [-0.39, 0.29) is 46.5 Å². The highest BCUT2D eigenvalue weighted by Crippen LogP contribution is 2.51. The predicted octanol–water partition coefficient (Wildman–Crippen LogP) is 6.64. The molecule has 0 saturated heterocycles. The third-order valence-corrected chi connectivity index (χ3v) is 7.36. The number of anilines is 1. The Kier molecular flexibility index (Phi) is 10.8. The maximum absolute atomic E-state index is 12.6. The monoisotopic (exact) mass is 699 g/mol. The van der Waals surface area contributed by atoms with Crippen LogP contribution in [0, 0.1) is 0 Å². The van der Waals surface area contributed by atoms with Gasteiger partial charge >= 0.3 is 26.3 Å². The molecule has 0 radical (unpaired) electrons. The lowest BCUT2D eigenvalue weighted by Gasteiger charge is -2.21. The second-order valence-electron chi connectivity index (χ2n) is 11.6. The summed E-state index contributed by atoms with van der Waals surface area (Å²) in [5, 5.41) is 2.66. The largest absolute Gasteiger partial charge is 0.496 e. The van der Waals surface area contributed by atoms with E-state index in [1.807, 2.05) is 30.3 Å². The standard InChI is InChI=1S/C34H37NO11S2/c1-34(2,3)44-33(36)35-25-16-13-23(14-17-25)26-20-29(41-4)30(32(31(26)42-5)46-48(7,39)40)24-15-18-27(28(19-24)45-47(6,37)38)43-21-22-11-9-8-10-12-22/h8-20H,21H2,1-7H3,(H,35,36). The lowest BCUT2D eigenvalue weighted by molar-refractivity contribution is 0.0636. The summed E-state index contributed by atoms with van der Waals surface area (Å²) in [7, 11) is -5.41. The molecule has 0 saturated carbocycles. The fourth-order valence-electron chi connectivity index (χ4n) is 4.60. The van der Waals surface area contributed by atoms with Gasteiger partial charge in [0.25, 0.3) is 0 Å². The molecule has 0 spiro atoms. The lowest BCUT2D eigenvalue weighted by atomic mass is 9.96. The Labute approximate surface area is 280 Å². The van der Waals surface area contributed by atoms with Crippen molar-refractivity contribution in [1.82, 2.24) is 0 Å². The quantitative estimate of drug-likeness (QED) is 0.158. The summed E-state index contributed by atoms with van der Waals surface area (Å²) in [6, 6.07) is 22.0. The van der Waals surface area contributed by atoms with Crippen LogP contribution in [0.25, 0.3) is 22.3 Å². The summed E-state index contributed by atoms with van der Waals surface area (Å²) in [6.07, 6.45) is 1.15. The Bertz CT molecular complexity index is 1990. The molecule has 0 unspecified atom stereocenters. The van der Waals surface area contributed by atoms with Crippen LogP contribution in [0.2, 0.25) is 0 Å². The molecule has 48 heavy (non-hydrogen) atoms. The van der Waals surface area contributed by atoms with Gasteiger partial charge in [-0.25, -0.2) is 4.79 Å². The van der Waals surface area contributed by atoms with Gasteiger partial charge in [-0.1, -0.05) is 48.5 Å². The second kappa shape index (κ2) is 14.4. The van der Waals surface area contributed by atoms with Crippen molar-refractivity contribution in [2.75, 3.05) is 32.0 Å². The van der Waals surface area contributed by atoms with Gasteiger partial charge in [-0.3, -0.25) is 5.32 Å². The van der Waals surface area contributed by atoms with Gasteiger partial charge in [-0.15, -0.1) is 0 Å². The predicted molar refractivity (Wildman–Crippen MR) is 182 cm³/mol. The zero-order chi connectivity index (χ0) is 35.3. The molecule has 4 rings (SSSR count). The fraction of sp³-hybridized carbons (Fsp3) is 0.265. The van der Waals surface area contributed by atoms with E-state index in [1.165, 1.54) is 26.4 Å².